The van der Waals surface area contributed by atoms with Crippen molar-refractivity contribution in [3.05, 3.63) is 0 Å². The summed E-state index contributed by atoms with van der Waals surface area (Å²) in [5.41, 5.74) is 0. The number of nitrogens with one attached hydrogen (secondary N) is 1. The van der Waals surface area contributed by atoms with Crippen LogP contribution >= 0.6 is 0 Å². The molecule has 0 radical (unpaired) electrons. The first kappa shape index (κ1) is 12.5. The van der Waals surface area contributed by atoms with Crippen molar-refractivity contribution in [1.29, 1.82) is 0 Å². The molecule has 3 heteroatoms. The van der Waals surface area contributed by atoms with Crippen molar-refractivity contribution >= 4 is 5.91 Å². The van der Waals surface area contributed by atoms with Gasteiger partial charge >= 0.3 is 0 Å². The summed E-state index contributed by atoms with van der Waals surface area (Å²) in [6.45, 7) is 2.92. The molecule has 0 spiro atoms. The van der Waals surface area contributed by atoms with Crippen molar-refractivity contribution < 1.29 is 4.79 Å². The Kier molecular flexibility index (Phi) is 5.09. The van der Waals surface area contributed by atoms with E-state index in [1.54, 1.807) is 19.0 Å². The molecule has 1 N–H and O–H groups in total. The summed E-state index contributed by atoms with van der Waals surface area (Å²) >= 11 is 0. The van der Waals surface area contributed by atoms with E-state index in [9.17, 15) is 4.79 Å². The van der Waals surface area contributed by atoms with E-state index in [1.807, 2.05) is 6.92 Å². The fourth-order valence-corrected chi connectivity index (χ4v) is 2.28. The summed E-state index contributed by atoms with van der Waals surface area (Å²) in [6.07, 6.45) is 6.80. The lowest BCUT2D eigenvalue weighted by atomic mass is 10.0. The average Bonchev–Trinajstić information content (AvgIpc) is 2.69. The zero-order valence-electron chi connectivity index (χ0n) is 10.3. The lowest BCUT2D eigenvalue weighted by molar-refractivity contribution is -0.130. The summed E-state index contributed by atoms with van der Waals surface area (Å²) in [5.74, 6) is 1.07. The van der Waals surface area contributed by atoms with E-state index in [0.29, 0.717) is 0 Å². The van der Waals surface area contributed by atoms with Crippen LogP contribution in [0.2, 0.25) is 0 Å². The number of likely N-dealkylation sites (N-methyl/N-ethyl adjacent to an activating group) is 1. The molecule has 0 aromatic rings. The van der Waals surface area contributed by atoms with Gasteiger partial charge in [-0.05, 0) is 25.8 Å². The van der Waals surface area contributed by atoms with E-state index < -0.39 is 0 Å². The second-order valence-electron chi connectivity index (χ2n) is 4.85. The van der Waals surface area contributed by atoms with Gasteiger partial charge in [0.2, 0.25) is 5.91 Å². The van der Waals surface area contributed by atoms with Gasteiger partial charge in [-0.25, -0.2) is 0 Å². The SMILES string of the molecule is CC(NCCC1CCCC1)C(=O)N(C)C. The summed E-state index contributed by atoms with van der Waals surface area (Å²) in [7, 11) is 3.61. The molecule has 1 aliphatic carbocycles. The van der Waals surface area contributed by atoms with E-state index in [-0.39, 0.29) is 11.9 Å². The molecule has 1 fully saturated rings. The minimum absolute atomic E-state index is 0.0404. The van der Waals surface area contributed by atoms with Crippen LogP contribution < -0.4 is 5.32 Å². The highest BCUT2D eigenvalue weighted by Gasteiger charge is 2.17. The van der Waals surface area contributed by atoms with Crippen LogP contribution in [0.4, 0.5) is 0 Å². The number of carbonyl (C=O) groups is 1. The van der Waals surface area contributed by atoms with Crippen LogP contribution in [0.15, 0.2) is 0 Å². The maximum absolute atomic E-state index is 11.5. The minimum Gasteiger partial charge on any atom is -0.347 e. The van der Waals surface area contributed by atoms with Gasteiger partial charge in [0.15, 0.2) is 0 Å². The molecule has 1 amide bonds. The monoisotopic (exact) mass is 212 g/mol. The Labute approximate surface area is 93.2 Å². The predicted molar refractivity (Wildman–Crippen MR) is 62.7 cm³/mol. The smallest absolute Gasteiger partial charge is 0.238 e. The Hall–Kier alpha value is -0.570. The number of carbonyl (C=O) groups excluding carboxylic acids is 1. The molecule has 15 heavy (non-hydrogen) atoms. The van der Waals surface area contributed by atoms with E-state index in [4.69, 9.17) is 0 Å². The molecule has 1 atom stereocenters. The number of rotatable bonds is 5. The van der Waals surface area contributed by atoms with Crippen LogP contribution in [-0.2, 0) is 4.79 Å². The summed E-state index contributed by atoms with van der Waals surface area (Å²) in [6, 6.07) is -0.0404. The molecule has 88 valence electrons. The molecule has 0 aromatic heterocycles. The Balaban J connectivity index is 2.10. The molecular weight excluding hydrogens is 188 g/mol. The molecule has 0 bridgehead atoms. The van der Waals surface area contributed by atoms with Crippen LogP contribution in [0.5, 0.6) is 0 Å². The van der Waals surface area contributed by atoms with Crippen LogP contribution in [-0.4, -0.2) is 37.5 Å². The van der Waals surface area contributed by atoms with Gasteiger partial charge in [0.1, 0.15) is 0 Å². The van der Waals surface area contributed by atoms with Crippen molar-refractivity contribution in [2.24, 2.45) is 5.92 Å². The van der Waals surface area contributed by atoms with Crippen LogP contribution in [0.1, 0.15) is 39.0 Å². The fourth-order valence-electron chi connectivity index (χ4n) is 2.28. The van der Waals surface area contributed by atoms with Crippen molar-refractivity contribution in [3.63, 3.8) is 0 Å². The second-order valence-corrected chi connectivity index (χ2v) is 4.85. The molecule has 1 unspecified atom stereocenters. The largest absolute Gasteiger partial charge is 0.347 e. The number of nitrogens with zero attached hydrogens (tertiary/aromatic N) is 1. The van der Waals surface area contributed by atoms with Gasteiger partial charge in [0, 0.05) is 14.1 Å². The first-order chi connectivity index (χ1) is 7.11. The number of hydrogen-bond donors (Lipinski definition) is 1. The summed E-state index contributed by atoms with van der Waals surface area (Å²) in [4.78, 5) is 13.2. The van der Waals surface area contributed by atoms with Crippen molar-refractivity contribution in [1.82, 2.24) is 10.2 Å². The van der Waals surface area contributed by atoms with Crippen molar-refractivity contribution in [2.45, 2.75) is 45.1 Å². The van der Waals surface area contributed by atoms with Gasteiger partial charge in [0.25, 0.3) is 0 Å². The standard InChI is InChI=1S/C12H24N2O/c1-10(12(15)14(2)3)13-9-8-11-6-4-5-7-11/h10-11,13H,4-9H2,1-3H3. The van der Waals surface area contributed by atoms with Crippen LogP contribution in [0, 0.1) is 5.92 Å². The normalized spacial score (nSPS) is 19.1. The molecule has 3 nitrogen and oxygen atoms in total. The Morgan fingerprint density at radius 2 is 2.00 bits per heavy atom. The molecular formula is C12H24N2O. The molecule has 0 saturated heterocycles. The second kappa shape index (κ2) is 6.11. The van der Waals surface area contributed by atoms with Gasteiger partial charge in [-0.15, -0.1) is 0 Å². The van der Waals surface area contributed by atoms with Crippen LogP contribution in [0.25, 0.3) is 0 Å². The highest BCUT2D eigenvalue weighted by molar-refractivity contribution is 5.80. The van der Waals surface area contributed by atoms with Gasteiger partial charge in [-0.2, -0.15) is 0 Å². The van der Waals surface area contributed by atoms with Gasteiger partial charge in [-0.3, -0.25) is 4.79 Å². The molecule has 1 aliphatic rings. The van der Waals surface area contributed by atoms with E-state index in [1.165, 1.54) is 32.1 Å². The van der Waals surface area contributed by atoms with Crippen molar-refractivity contribution in [2.75, 3.05) is 20.6 Å². The zero-order chi connectivity index (χ0) is 11.3. The zero-order valence-corrected chi connectivity index (χ0v) is 10.3. The third-order valence-corrected chi connectivity index (χ3v) is 3.29. The molecule has 1 saturated carbocycles. The molecule has 0 heterocycles. The van der Waals surface area contributed by atoms with Crippen LogP contribution in [0.3, 0.4) is 0 Å². The van der Waals surface area contributed by atoms with Crippen molar-refractivity contribution in [3.8, 4) is 0 Å². The lowest BCUT2D eigenvalue weighted by Crippen LogP contribution is -2.42. The Bertz CT molecular complexity index is 198. The molecule has 1 rings (SSSR count). The lowest BCUT2D eigenvalue weighted by Gasteiger charge is -2.18. The highest BCUT2D eigenvalue weighted by Crippen LogP contribution is 2.26. The summed E-state index contributed by atoms with van der Waals surface area (Å²) in [5, 5.41) is 3.30. The first-order valence-electron chi connectivity index (χ1n) is 6.06. The van der Waals surface area contributed by atoms with E-state index >= 15 is 0 Å². The highest BCUT2D eigenvalue weighted by atomic mass is 16.2. The molecule has 0 aromatic carbocycles. The minimum atomic E-state index is -0.0404. The van der Waals surface area contributed by atoms with E-state index in [2.05, 4.69) is 5.32 Å². The third-order valence-electron chi connectivity index (χ3n) is 3.29. The Morgan fingerprint density at radius 3 is 2.53 bits per heavy atom. The van der Waals surface area contributed by atoms with Gasteiger partial charge < -0.3 is 10.2 Å². The quantitative estimate of drug-likeness (QED) is 0.751. The molecule has 0 aliphatic heterocycles. The Morgan fingerprint density at radius 1 is 1.40 bits per heavy atom. The average molecular weight is 212 g/mol. The number of amides is 1. The maximum Gasteiger partial charge on any atom is 0.238 e. The number of hydrogen-bond acceptors (Lipinski definition) is 2. The van der Waals surface area contributed by atoms with Gasteiger partial charge in [0.05, 0.1) is 6.04 Å². The topological polar surface area (TPSA) is 32.3 Å². The third kappa shape index (κ3) is 4.20. The fraction of sp³-hybridized carbons (Fsp3) is 0.917. The predicted octanol–water partition coefficient (Wildman–Crippen LogP) is 1.63. The summed E-state index contributed by atoms with van der Waals surface area (Å²) < 4.78 is 0. The van der Waals surface area contributed by atoms with E-state index in [0.717, 1.165) is 12.5 Å². The van der Waals surface area contributed by atoms with Gasteiger partial charge in [-0.1, -0.05) is 25.7 Å². The first-order valence-corrected chi connectivity index (χ1v) is 6.06. The maximum atomic E-state index is 11.5.